The van der Waals surface area contributed by atoms with Crippen molar-refractivity contribution in [1.82, 2.24) is 20.3 Å². The summed E-state index contributed by atoms with van der Waals surface area (Å²) in [6, 6.07) is 6.52. The van der Waals surface area contributed by atoms with Gasteiger partial charge in [-0.25, -0.2) is 21.6 Å². The molecule has 1 unspecified atom stereocenters. The Hall–Kier alpha value is -4.37. The van der Waals surface area contributed by atoms with Gasteiger partial charge in [0.15, 0.2) is 21.5 Å². The van der Waals surface area contributed by atoms with Crippen LogP contribution in [-0.4, -0.2) is 36.0 Å². The number of carbonyl (C=O) groups is 1. The van der Waals surface area contributed by atoms with Crippen molar-refractivity contribution in [1.29, 1.82) is 0 Å². The Labute approximate surface area is 235 Å². The predicted molar refractivity (Wildman–Crippen MR) is 135 cm³/mol. The first-order valence-electron chi connectivity index (χ1n) is 11.9. The van der Waals surface area contributed by atoms with Gasteiger partial charge >= 0.3 is 6.18 Å². The number of hydrogen-bond acceptors (Lipinski definition) is 7. The van der Waals surface area contributed by atoms with E-state index in [-0.39, 0.29) is 30.2 Å². The van der Waals surface area contributed by atoms with Gasteiger partial charge in [-0.05, 0) is 60.0 Å². The van der Waals surface area contributed by atoms with Gasteiger partial charge in [0.05, 0.1) is 11.5 Å². The summed E-state index contributed by atoms with van der Waals surface area (Å²) in [4.78, 5) is 22.7. The van der Waals surface area contributed by atoms with E-state index in [9.17, 15) is 39.6 Å². The molecule has 1 aromatic carbocycles. The number of aryl methyl sites for hydroxylation is 1. The third kappa shape index (κ3) is 6.57. The Morgan fingerprint density at radius 2 is 1.74 bits per heavy atom. The van der Waals surface area contributed by atoms with Gasteiger partial charge in [0, 0.05) is 30.4 Å². The Morgan fingerprint density at radius 1 is 1.00 bits per heavy atom. The monoisotopic (exact) mass is 610 g/mol. The van der Waals surface area contributed by atoms with Crippen LogP contribution in [0.2, 0.25) is 0 Å². The summed E-state index contributed by atoms with van der Waals surface area (Å²) in [6.45, 7) is 1.23. The van der Waals surface area contributed by atoms with Crippen LogP contribution < -0.4 is 5.32 Å². The third-order valence-electron chi connectivity index (χ3n) is 6.00. The van der Waals surface area contributed by atoms with Crippen LogP contribution in [0, 0.1) is 24.4 Å². The summed E-state index contributed by atoms with van der Waals surface area (Å²) < 4.78 is 116. The van der Waals surface area contributed by atoms with Crippen molar-refractivity contribution in [3.05, 3.63) is 118 Å². The van der Waals surface area contributed by atoms with Gasteiger partial charge in [0.25, 0.3) is 5.91 Å². The maximum absolute atomic E-state index is 15.0. The minimum absolute atomic E-state index is 0.00272. The van der Waals surface area contributed by atoms with Crippen LogP contribution in [0.1, 0.15) is 43.7 Å². The minimum Gasteiger partial charge on any atom is -0.357 e. The van der Waals surface area contributed by atoms with E-state index in [4.69, 9.17) is 4.74 Å². The summed E-state index contributed by atoms with van der Waals surface area (Å²) in [5.74, 6) is -5.56. The van der Waals surface area contributed by atoms with Crippen LogP contribution in [0.4, 0.5) is 26.3 Å². The number of halogens is 6. The third-order valence-corrected chi connectivity index (χ3v) is 8.01. The van der Waals surface area contributed by atoms with Crippen molar-refractivity contribution < 1.29 is 44.3 Å². The first-order chi connectivity index (χ1) is 19.8. The number of nitrogens with one attached hydrogen (secondary N) is 1. The Kier molecular flexibility index (Phi) is 8.92. The first kappa shape index (κ1) is 30.6. The van der Waals surface area contributed by atoms with E-state index in [0.717, 1.165) is 17.8 Å². The molecule has 0 aliphatic rings. The highest BCUT2D eigenvalue weighted by Crippen LogP contribution is 2.40. The second-order valence-electron chi connectivity index (χ2n) is 8.84. The summed E-state index contributed by atoms with van der Waals surface area (Å²) in [7, 11) is -4.97. The molecule has 0 bridgehead atoms. The fourth-order valence-corrected chi connectivity index (χ4v) is 5.77. The lowest BCUT2D eigenvalue weighted by Crippen LogP contribution is -2.27. The van der Waals surface area contributed by atoms with E-state index in [1.165, 1.54) is 6.92 Å². The molecule has 1 N–H and O–H groups in total. The molecule has 4 rings (SSSR count). The summed E-state index contributed by atoms with van der Waals surface area (Å²) in [5, 5.41) is 0.138. The largest absolute Gasteiger partial charge is 0.433 e. The number of alkyl halides is 3. The van der Waals surface area contributed by atoms with Crippen LogP contribution >= 0.6 is 0 Å². The molecule has 220 valence electrons. The molecule has 0 spiro atoms. The normalized spacial score (nSPS) is 12.6. The number of benzene rings is 1. The zero-order valence-electron chi connectivity index (χ0n) is 21.5. The molecule has 0 saturated carbocycles. The van der Waals surface area contributed by atoms with Crippen molar-refractivity contribution in [2.24, 2.45) is 0 Å². The zero-order valence-corrected chi connectivity index (χ0v) is 22.3. The highest BCUT2D eigenvalue weighted by atomic mass is 32.2. The molecule has 1 amide bonds. The van der Waals surface area contributed by atoms with Gasteiger partial charge in [-0.15, -0.1) is 0 Å². The lowest BCUT2D eigenvalue weighted by atomic mass is 10.00. The average molecular weight is 611 g/mol. The van der Waals surface area contributed by atoms with Gasteiger partial charge < -0.3 is 10.1 Å². The van der Waals surface area contributed by atoms with Crippen molar-refractivity contribution >= 4 is 15.7 Å². The minimum atomic E-state index is -4.97. The van der Waals surface area contributed by atoms with Crippen LogP contribution in [0.25, 0.3) is 0 Å². The maximum atomic E-state index is 15.0. The predicted octanol–water partition coefficient (Wildman–Crippen LogP) is 5.08. The summed E-state index contributed by atoms with van der Waals surface area (Å²) in [5.41, 5.74) is -2.45. The van der Waals surface area contributed by atoms with Crippen molar-refractivity contribution in [3.8, 4) is 0 Å². The first-order valence-corrected chi connectivity index (χ1v) is 13.5. The molecule has 8 nitrogen and oxygen atoms in total. The molecule has 15 heteroatoms. The lowest BCUT2D eigenvalue weighted by molar-refractivity contribution is -0.141. The van der Waals surface area contributed by atoms with Gasteiger partial charge in [-0.3, -0.25) is 19.7 Å². The van der Waals surface area contributed by atoms with Crippen LogP contribution in [-0.2, 0) is 27.4 Å². The second-order valence-corrected chi connectivity index (χ2v) is 10.9. The molecule has 4 aromatic rings. The lowest BCUT2D eigenvalue weighted by Gasteiger charge is -2.22. The van der Waals surface area contributed by atoms with E-state index in [1.54, 1.807) is 24.5 Å². The van der Waals surface area contributed by atoms with E-state index in [0.29, 0.717) is 30.5 Å². The van der Waals surface area contributed by atoms with E-state index < -0.39 is 60.8 Å². The van der Waals surface area contributed by atoms with Gasteiger partial charge in [-0.2, -0.15) is 13.2 Å². The van der Waals surface area contributed by atoms with Crippen molar-refractivity contribution in [2.75, 3.05) is 6.73 Å². The molecule has 0 radical (unpaired) electrons. The number of amides is 1. The molecule has 0 fully saturated rings. The number of nitrogens with zero attached hydrogens (tertiary/aromatic N) is 3. The fraction of sp³-hybridized carbons (Fsp3) is 0.185. The van der Waals surface area contributed by atoms with Gasteiger partial charge in [0.2, 0.25) is 0 Å². The Bertz CT molecular complexity index is 1700. The number of rotatable bonds is 9. The molecule has 3 aromatic heterocycles. The number of aromatic nitrogens is 3. The SMILES string of the molecule is Cc1cc(C(=O)NCOCc2cccnc2)ncc1C(c1c(F)ccc(F)c1F)S(=O)(=O)c1ccc(C(F)(F)F)nc1. The maximum Gasteiger partial charge on any atom is 0.433 e. The van der Waals surface area contributed by atoms with Crippen LogP contribution in [0.15, 0.2) is 72.1 Å². The average Bonchev–Trinajstić information content (AvgIpc) is 2.96. The fourth-order valence-electron chi connectivity index (χ4n) is 3.94. The molecule has 1 atom stereocenters. The summed E-state index contributed by atoms with van der Waals surface area (Å²) in [6.07, 6.45) is -0.485. The highest BCUT2D eigenvalue weighted by molar-refractivity contribution is 7.91. The van der Waals surface area contributed by atoms with Crippen molar-refractivity contribution in [2.45, 2.75) is 29.9 Å². The van der Waals surface area contributed by atoms with Crippen molar-refractivity contribution in [3.63, 3.8) is 0 Å². The van der Waals surface area contributed by atoms with E-state index >= 15 is 0 Å². The number of pyridine rings is 3. The second kappa shape index (κ2) is 12.2. The smallest absolute Gasteiger partial charge is 0.357 e. The van der Waals surface area contributed by atoms with Gasteiger partial charge in [0.1, 0.15) is 29.2 Å². The standard InChI is InChI=1S/C27H20F6N4O4S/c1-15-9-21(26(38)37-14-41-13-16-3-2-8-34-10-16)35-12-18(15)25(23-19(28)5-6-20(29)24(23)30)42(39,40)17-4-7-22(36-11-17)27(31,32)33/h2-12,25H,13-14H2,1H3,(H,37,38). The summed E-state index contributed by atoms with van der Waals surface area (Å²) >= 11 is 0. The Morgan fingerprint density at radius 3 is 2.36 bits per heavy atom. The topological polar surface area (TPSA) is 111 Å². The van der Waals surface area contributed by atoms with E-state index in [1.807, 2.05) is 0 Å². The zero-order chi connectivity index (χ0) is 30.7. The number of carbonyl (C=O) groups excluding carboxylic acids is 1. The molecular formula is C27H20F6N4O4S. The number of ether oxygens (including phenoxy) is 1. The van der Waals surface area contributed by atoms with Crippen LogP contribution in [0.3, 0.4) is 0 Å². The highest BCUT2D eigenvalue weighted by Gasteiger charge is 2.39. The molecule has 0 saturated heterocycles. The molecule has 3 heterocycles. The molecular weight excluding hydrogens is 590 g/mol. The quantitative estimate of drug-likeness (QED) is 0.122. The van der Waals surface area contributed by atoms with E-state index in [2.05, 4.69) is 20.3 Å². The Balaban J connectivity index is 1.68. The molecule has 0 aliphatic carbocycles. The van der Waals surface area contributed by atoms with Gasteiger partial charge in [-0.1, -0.05) is 6.07 Å². The number of hydrogen-bond donors (Lipinski definition) is 1. The molecule has 42 heavy (non-hydrogen) atoms. The number of sulfone groups is 1. The van der Waals surface area contributed by atoms with Crippen LogP contribution in [0.5, 0.6) is 0 Å². The molecule has 0 aliphatic heterocycles.